The third-order valence-electron chi connectivity index (χ3n) is 4.76. The molecule has 2 aromatic carbocycles. The SMILES string of the molecule is C#Cc1c(NC)nc(NC/C(C)=N/c2ccccc2C)c(C#N)c1-c1cccc(O)c1. The Balaban J connectivity index is 2.05. The number of aliphatic imine (C=N–C) groups is 1. The topological polar surface area (TPSA) is 93.3 Å². The number of rotatable bonds is 6. The maximum atomic E-state index is 9.94. The Morgan fingerprint density at radius 3 is 2.58 bits per heavy atom. The van der Waals surface area contributed by atoms with Gasteiger partial charge in [0.15, 0.2) is 0 Å². The lowest BCUT2D eigenvalue weighted by Crippen LogP contribution is -2.14. The highest BCUT2D eigenvalue weighted by Gasteiger charge is 2.20. The smallest absolute Gasteiger partial charge is 0.147 e. The zero-order chi connectivity index (χ0) is 22.4. The van der Waals surface area contributed by atoms with Crippen LogP contribution in [0.3, 0.4) is 0 Å². The lowest BCUT2D eigenvalue weighted by Gasteiger charge is -2.17. The minimum absolute atomic E-state index is 0.0860. The molecule has 3 N–H and O–H groups in total. The van der Waals surface area contributed by atoms with Crippen LogP contribution in [-0.4, -0.2) is 29.4 Å². The predicted octanol–water partition coefficient (Wildman–Crippen LogP) is 4.86. The molecule has 6 nitrogen and oxygen atoms in total. The van der Waals surface area contributed by atoms with Crippen LogP contribution in [0.2, 0.25) is 0 Å². The number of terminal acetylenes is 1. The summed E-state index contributed by atoms with van der Waals surface area (Å²) in [4.78, 5) is 9.19. The number of anilines is 2. The molecule has 0 spiro atoms. The summed E-state index contributed by atoms with van der Waals surface area (Å²) >= 11 is 0. The van der Waals surface area contributed by atoms with E-state index >= 15 is 0 Å². The highest BCUT2D eigenvalue weighted by Crippen LogP contribution is 2.36. The number of aromatic hydroxyl groups is 1. The molecule has 0 saturated carbocycles. The van der Waals surface area contributed by atoms with Crippen molar-refractivity contribution in [2.75, 3.05) is 24.2 Å². The van der Waals surface area contributed by atoms with E-state index in [0.29, 0.717) is 40.4 Å². The third kappa shape index (κ3) is 4.66. The van der Waals surface area contributed by atoms with Gasteiger partial charge in [-0.15, -0.1) is 6.42 Å². The maximum Gasteiger partial charge on any atom is 0.147 e. The number of pyridine rings is 1. The molecule has 1 heterocycles. The number of para-hydroxylation sites is 1. The van der Waals surface area contributed by atoms with Crippen LogP contribution >= 0.6 is 0 Å². The van der Waals surface area contributed by atoms with E-state index < -0.39 is 0 Å². The van der Waals surface area contributed by atoms with E-state index in [0.717, 1.165) is 17.0 Å². The number of nitrogens with one attached hydrogen (secondary N) is 2. The van der Waals surface area contributed by atoms with Gasteiger partial charge in [0, 0.05) is 18.3 Å². The van der Waals surface area contributed by atoms with Crippen molar-refractivity contribution < 1.29 is 5.11 Å². The van der Waals surface area contributed by atoms with Crippen molar-refractivity contribution in [3.8, 4) is 35.3 Å². The molecule has 3 aromatic rings. The molecule has 0 unspecified atom stereocenters. The van der Waals surface area contributed by atoms with E-state index in [-0.39, 0.29) is 5.75 Å². The molecule has 0 bridgehead atoms. The van der Waals surface area contributed by atoms with E-state index in [1.807, 2.05) is 38.1 Å². The Hall–Kier alpha value is -4.29. The first-order valence-electron chi connectivity index (χ1n) is 9.74. The van der Waals surface area contributed by atoms with Gasteiger partial charge in [-0.2, -0.15) is 5.26 Å². The van der Waals surface area contributed by atoms with Crippen LogP contribution in [0, 0.1) is 30.6 Å². The molecule has 0 amide bonds. The first-order chi connectivity index (χ1) is 15.0. The first-order valence-corrected chi connectivity index (χ1v) is 9.74. The molecule has 0 aliphatic carbocycles. The van der Waals surface area contributed by atoms with Crippen LogP contribution < -0.4 is 10.6 Å². The molecule has 154 valence electrons. The Bertz CT molecular complexity index is 1230. The van der Waals surface area contributed by atoms with E-state index in [1.165, 1.54) is 0 Å². The maximum absolute atomic E-state index is 9.94. The van der Waals surface area contributed by atoms with E-state index in [1.54, 1.807) is 31.3 Å². The summed E-state index contributed by atoms with van der Waals surface area (Å²) in [6, 6.07) is 16.7. The fourth-order valence-electron chi connectivity index (χ4n) is 3.24. The highest BCUT2D eigenvalue weighted by molar-refractivity contribution is 5.90. The van der Waals surface area contributed by atoms with Gasteiger partial charge >= 0.3 is 0 Å². The Morgan fingerprint density at radius 2 is 1.94 bits per heavy atom. The van der Waals surface area contributed by atoms with Crippen molar-refractivity contribution in [3.05, 3.63) is 65.2 Å². The van der Waals surface area contributed by atoms with Crippen LogP contribution in [0.5, 0.6) is 5.75 Å². The van der Waals surface area contributed by atoms with Crippen LogP contribution in [-0.2, 0) is 0 Å². The molecular weight excluding hydrogens is 386 g/mol. The first kappa shape index (κ1) is 21.4. The molecule has 1 aromatic heterocycles. The average molecular weight is 409 g/mol. The number of phenolic OH excluding ortho intramolecular Hbond substituents is 1. The number of hydrogen-bond donors (Lipinski definition) is 3. The zero-order valence-electron chi connectivity index (χ0n) is 17.7. The number of aryl methyl sites for hydroxylation is 1. The van der Waals surface area contributed by atoms with Gasteiger partial charge in [-0.3, -0.25) is 4.99 Å². The van der Waals surface area contributed by atoms with Crippen molar-refractivity contribution in [2.24, 2.45) is 4.99 Å². The second-order valence-electron chi connectivity index (χ2n) is 6.98. The molecule has 0 fully saturated rings. The molecule has 0 atom stereocenters. The fraction of sp³-hybridized carbons (Fsp3) is 0.160. The van der Waals surface area contributed by atoms with Crippen molar-refractivity contribution >= 4 is 23.0 Å². The summed E-state index contributed by atoms with van der Waals surface area (Å²) in [5, 5.41) is 26.1. The molecule has 6 heteroatoms. The van der Waals surface area contributed by atoms with Gasteiger partial charge in [0.1, 0.15) is 29.0 Å². The summed E-state index contributed by atoms with van der Waals surface area (Å²) in [7, 11) is 1.72. The van der Waals surface area contributed by atoms with Crippen molar-refractivity contribution in [1.29, 1.82) is 5.26 Å². The summed E-state index contributed by atoms with van der Waals surface area (Å²) < 4.78 is 0. The van der Waals surface area contributed by atoms with E-state index in [2.05, 4.69) is 32.6 Å². The van der Waals surface area contributed by atoms with Crippen LogP contribution in [0.25, 0.3) is 11.1 Å². The standard InChI is InChI=1S/C25H23N5O/c1-5-20-23(18-10-8-11-19(31)13-18)21(14-26)25(30-24(20)27-4)28-15-17(3)29-22-12-7-6-9-16(22)2/h1,6-13,31H,15H2,2-4H3,(H2,27,28,30)/b29-17+. The summed E-state index contributed by atoms with van der Waals surface area (Å²) in [6.07, 6.45) is 5.76. The fourth-order valence-corrected chi connectivity index (χ4v) is 3.24. The van der Waals surface area contributed by atoms with Crippen molar-refractivity contribution in [3.63, 3.8) is 0 Å². The number of aromatic nitrogens is 1. The number of benzene rings is 2. The quantitative estimate of drug-likeness (QED) is 0.399. The molecule has 3 rings (SSSR count). The van der Waals surface area contributed by atoms with E-state index in [9.17, 15) is 10.4 Å². The Morgan fingerprint density at radius 1 is 1.16 bits per heavy atom. The normalized spacial score (nSPS) is 10.8. The predicted molar refractivity (Wildman–Crippen MR) is 126 cm³/mol. The molecule has 0 saturated heterocycles. The van der Waals surface area contributed by atoms with Crippen LogP contribution in [0.1, 0.15) is 23.6 Å². The molecule has 0 aliphatic heterocycles. The van der Waals surface area contributed by atoms with Gasteiger partial charge in [-0.05, 0) is 43.2 Å². The number of hydrogen-bond acceptors (Lipinski definition) is 6. The third-order valence-corrected chi connectivity index (χ3v) is 4.76. The lowest BCUT2D eigenvalue weighted by molar-refractivity contribution is 0.475. The number of nitriles is 1. The summed E-state index contributed by atoms with van der Waals surface area (Å²) in [5.74, 6) is 3.58. The minimum atomic E-state index is 0.0860. The summed E-state index contributed by atoms with van der Waals surface area (Å²) in [5.41, 5.74) is 4.76. The Kier molecular flexibility index (Phi) is 6.54. The highest BCUT2D eigenvalue weighted by atomic mass is 16.3. The summed E-state index contributed by atoms with van der Waals surface area (Å²) in [6.45, 7) is 4.32. The van der Waals surface area contributed by atoms with Gasteiger partial charge in [0.05, 0.1) is 17.8 Å². The van der Waals surface area contributed by atoms with Crippen LogP contribution in [0.4, 0.5) is 17.3 Å². The van der Waals surface area contributed by atoms with Crippen molar-refractivity contribution in [2.45, 2.75) is 13.8 Å². The second kappa shape index (κ2) is 9.47. The number of phenols is 1. The van der Waals surface area contributed by atoms with Gasteiger partial charge in [0.25, 0.3) is 0 Å². The zero-order valence-corrected chi connectivity index (χ0v) is 17.7. The van der Waals surface area contributed by atoms with Gasteiger partial charge < -0.3 is 15.7 Å². The Labute approximate surface area is 182 Å². The molecular formula is C25H23N5O. The molecule has 31 heavy (non-hydrogen) atoms. The van der Waals surface area contributed by atoms with Gasteiger partial charge in [-0.25, -0.2) is 4.98 Å². The van der Waals surface area contributed by atoms with E-state index in [4.69, 9.17) is 6.42 Å². The van der Waals surface area contributed by atoms with Gasteiger partial charge in [-0.1, -0.05) is 36.3 Å². The second-order valence-corrected chi connectivity index (χ2v) is 6.98. The monoisotopic (exact) mass is 409 g/mol. The number of nitrogens with zero attached hydrogens (tertiary/aromatic N) is 3. The minimum Gasteiger partial charge on any atom is -0.508 e. The van der Waals surface area contributed by atoms with Crippen molar-refractivity contribution in [1.82, 2.24) is 4.98 Å². The van der Waals surface area contributed by atoms with Gasteiger partial charge in [0.2, 0.25) is 0 Å². The largest absolute Gasteiger partial charge is 0.508 e. The molecule has 0 radical (unpaired) electrons. The molecule has 0 aliphatic rings. The lowest BCUT2D eigenvalue weighted by atomic mass is 9.95. The van der Waals surface area contributed by atoms with Crippen LogP contribution in [0.15, 0.2) is 53.5 Å². The average Bonchev–Trinajstić information content (AvgIpc) is 2.77.